The van der Waals surface area contributed by atoms with Crippen molar-refractivity contribution in [1.82, 2.24) is 5.43 Å². The van der Waals surface area contributed by atoms with Gasteiger partial charge in [-0.3, -0.25) is 20.0 Å². The zero-order chi connectivity index (χ0) is 17.4. The predicted octanol–water partition coefficient (Wildman–Crippen LogP) is 2.83. The first kappa shape index (κ1) is 17.9. The van der Waals surface area contributed by atoms with E-state index in [-0.39, 0.29) is 23.3 Å². The number of hydrogen-bond donors (Lipinski definition) is 2. The quantitative estimate of drug-likeness (QED) is 0.759. The Bertz CT molecular complexity index is 692. The molecule has 0 aliphatic rings. The number of hydrogen-bond acceptors (Lipinski definition) is 4. The topological polar surface area (TPSA) is 61.4 Å². The Morgan fingerprint density at radius 2 is 1.71 bits per heavy atom. The molecule has 126 valence electrons. The van der Waals surface area contributed by atoms with Crippen LogP contribution in [-0.4, -0.2) is 30.4 Å². The van der Waals surface area contributed by atoms with E-state index in [2.05, 4.69) is 10.7 Å². The number of rotatable bonds is 7. The van der Waals surface area contributed by atoms with E-state index in [1.165, 1.54) is 11.8 Å². The van der Waals surface area contributed by atoms with Crippen LogP contribution in [0.5, 0.6) is 0 Å². The van der Waals surface area contributed by atoms with Crippen LogP contribution in [0.2, 0.25) is 0 Å². The number of nitrogens with one attached hydrogen (secondary N) is 2. The minimum Gasteiger partial charge on any atom is -0.325 e. The molecule has 0 heterocycles. The molecule has 0 aliphatic carbocycles. The first-order valence-corrected chi connectivity index (χ1v) is 8.72. The lowest BCUT2D eigenvalue weighted by molar-refractivity contribution is -0.118. The fourth-order valence-corrected chi connectivity index (χ4v) is 2.70. The van der Waals surface area contributed by atoms with Crippen molar-refractivity contribution in [3.8, 4) is 0 Å². The Hall–Kier alpha value is -2.47. The molecule has 2 rings (SSSR count). The molecule has 0 saturated heterocycles. The number of aryl methyl sites for hydroxylation is 1. The summed E-state index contributed by atoms with van der Waals surface area (Å²) in [6.07, 6.45) is 0. The maximum atomic E-state index is 11.9. The normalized spacial score (nSPS) is 10.1. The number of carbonyl (C=O) groups excluding carboxylic acids is 2. The van der Waals surface area contributed by atoms with E-state index in [1.54, 1.807) is 12.1 Å². The van der Waals surface area contributed by atoms with Crippen LogP contribution in [0.3, 0.4) is 0 Å². The van der Waals surface area contributed by atoms with E-state index in [0.29, 0.717) is 0 Å². The van der Waals surface area contributed by atoms with Gasteiger partial charge in [0, 0.05) is 12.7 Å². The summed E-state index contributed by atoms with van der Waals surface area (Å²) in [6, 6.07) is 17.2. The molecule has 0 fully saturated rings. The molecule has 2 aromatic carbocycles. The molecule has 2 aromatic rings. The number of thioether (sulfide) groups is 1. The van der Waals surface area contributed by atoms with Gasteiger partial charge in [0.2, 0.25) is 11.8 Å². The first-order chi connectivity index (χ1) is 11.5. The SMILES string of the molecule is Cc1cccc(NC(=O)CSCC(=O)NN(C)c2ccccc2)c1. The van der Waals surface area contributed by atoms with E-state index in [4.69, 9.17) is 0 Å². The van der Waals surface area contributed by atoms with Gasteiger partial charge in [-0.25, -0.2) is 0 Å². The Morgan fingerprint density at radius 3 is 2.42 bits per heavy atom. The van der Waals surface area contributed by atoms with Crippen molar-refractivity contribution in [2.75, 3.05) is 28.9 Å². The number of carbonyl (C=O) groups is 2. The molecule has 0 unspecified atom stereocenters. The molecule has 0 atom stereocenters. The van der Waals surface area contributed by atoms with Crippen LogP contribution in [0.25, 0.3) is 0 Å². The van der Waals surface area contributed by atoms with Crippen LogP contribution in [0.15, 0.2) is 54.6 Å². The lowest BCUT2D eigenvalue weighted by Crippen LogP contribution is -2.40. The summed E-state index contributed by atoms with van der Waals surface area (Å²) in [5, 5.41) is 4.48. The van der Waals surface area contributed by atoms with Crippen molar-refractivity contribution in [2.24, 2.45) is 0 Å². The Balaban J connectivity index is 1.69. The monoisotopic (exact) mass is 343 g/mol. The number of benzene rings is 2. The predicted molar refractivity (Wildman–Crippen MR) is 100 cm³/mol. The number of para-hydroxylation sites is 1. The first-order valence-electron chi connectivity index (χ1n) is 7.57. The molecule has 0 aliphatic heterocycles. The van der Waals surface area contributed by atoms with Crippen molar-refractivity contribution in [2.45, 2.75) is 6.92 Å². The maximum Gasteiger partial charge on any atom is 0.248 e. The van der Waals surface area contributed by atoms with Gasteiger partial charge in [0.05, 0.1) is 17.2 Å². The Labute approximate surface area is 146 Å². The lowest BCUT2D eigenvalue weighted by Gasteiger charge is -2.20. The highest BCUT2D eigenvalue weighted by molar-refractivity contribution is 8.00. The average Bonchev–Trinajstić information content (AvgIpc) is 2.55. The van der Waals surface area contributed by atoms with Gasteiger partial charge in [-0.1, -0.05) is 30.3 Å². The number of amides is 2. The molecule has 5 nitrogen and oxygen atoms in total. The average molecular weight is 343 g/mol. The highest BCUT2D eigenvalue weighted by Gasteiger charge is 2.08. The smallest absolute Gasteiger partial charge is 0.248 e. The zero-order valence-corrected chi connectivity index (χ0v) is 14.6. The van der Waals surface area contributed by atoms with Gasteiger partial charge >= 0.3 is 0 Å². The van der Waals surface area contributed by atoms with Crippen molar-refractivity contribution in [3.63, 3.8) is 0 Å². The van der Waals surface area contributed by atoms with Crippen LogP contribution < -0.4 is 15.8 Å². The Morgan fingerprint density at radius 1 is 1.00 bits per heavy atom. The summed E-state index contributed by atoms with van der Waals surface area (Å²) < 4.78 is 0. The summed E-state index contributed by atoms with van der Waals surface area (Å²) in [7, 11) is 1.78. The third-order valence-electron chi connectivity index (χ3n) is 3.20. The van der Waals surface area contributed by atoms with Crippen LogP contribution in [0.1, 0.15) is 5.56 Å². The lowest BCUT2D eigenvalue weighted by atomic mass is 10.2. The molecule has 0 radical (unpaired) electrons. The minimum atomic E-state index is -0.144. The molecule has 2 N–H and O–H groups in total. The van der Waals surface area contributed by atoms with E-state index in [1.807, 2.05) is 61.5 Å². The summed E-state index contributed by atoms with van der Waals surface area (Å²) in [6.45, 7) is 1.97. The van der Waals surface area contributed by atoms with E-state index >= 15 is 0 Å². The van der Waals surface area contributed by atoms with E-state index in [9.17, 15) is 9.59 Å². The van der Waals surface area contributed by atoms with Crippen molar-refractivity contribution >= 4 is 35.0 Å². The van der Waals surface area contributed by atoms with Crippen molar-refractivity contribution in [1.29, 1.82) is 0 Å². The standard InChI is InChI=1S/C18H21N3O2S/c1-14-7-6-8-15(11-14)19-17(22)12-24-13-18(23)20-21(2)16-9-4-3-5-10-16/h3-11H,12-13H2,1-2H3,(H,19,22)(H,20,23). The highest BCUT2D eigenvalue weighted by Crippen LogP contribution is 2.11. The fraction of sp³-hybridized carbons (Fsp3) is 0.222. The van der Waals surface area contributed by atoms with Crippen LogP contribution in [-0.2, 0) is 9.59 Å². The largest absolute Gasteiger partial charge is 0.325 e. The second kappa shape index (κ2) is 8.98. The molecule has 0 bridgehead atoms. The Kier molecular flexibility index (Phi) is 6.69. The summed E-state index contributed by atoms with van der Waals surface area (Å²) in [5.41, 5.74) is 5.52. The molecule has 6 heteroatoms. The van der Waals surface area contributed by atoms with Gasteiger partial charge in [0.25, 0.3) is 0 Å². The van der Waals surface area contributed by atoms with Gasteiger partial charge in [-0.2, -0.15) is 0 Å². The molecule has 0 saturated carbocycles. The summed E-state index contributed by atoms with van der Waals surface area (Å²) in [5.74, 6) is 0.193. The van der Waals surface area contributed by atoms with Crippen LogP contribution in [0, 0.1) is 6.92 Å². The number of anilines is 2. The number of hydrazine groups is 1. The van der Waals surface area contributed by atoms with Gasteiger partial charge in [-0.05, 0) is 36.8 Å². The zero-order valence-electron chi connectivity index (χ0n) is 13.8. The van der Waals surface area contributed by atoms with Crippen molar-refractivity contribution in [3.05, 3.63) is 60.2 Å². The highest BCUT2D eigenvalue weighted by atomic mass is 32.2. The third-order valence-corrected chi connectivity index (χ3v) is 4.14. The summed E-state index contributed by atoms with van der Waals surface area (Å²) >= 11 is 1.28. The molecule has 24 heavy (non-hydrogen) atoms. The van der Waals surface area contributed by atoms with Gasteiger partial charge in [0.15, 0.2) is 0 Å². The second-order valence-electron chi connectivity index (χ2n) is 5.34. The van der Waals surface area contributed by atoms with Gasteiger partial charge < -0.3 is 5.32 Å². The number of nitrogens with zero attached hydrogens (tertiary/aromatic N) is 1. The van der Waals surface area contributed by atoms with E-state index < -0.39 is 0 Å². The molecular weight excluding hydrogens is 322 g/mol. The molecular formula is C18H21N3O2S. The second-order valence-corrected chi connectivity index (χ2v) is 6.33. The van der Waals surface area contributed by atoms with Crippen molar-refractivity contribution < 1.29 is 9.59 Å². The fourth-order valence-electron chi connectivity index (χ4n) is 2.09. The van der Waals surface area contributed by atoms with E-state index in [0.717, 1.165) is 16.9 Å². The molecule has 2 amide bonds. The summed E-state index contributed by atoms with van der Waals surface area (Å²) in [4.78, 5) is 23.8. The third kappa shape index (κ3) is 5.96. The molecule has 0 spiro atoms. The van der Waals surface area contributed by atoms with Gasteiger partial charge in [0.1, 0.15) is 0 Å². The van der Waals surface area contributed by atoms with Crippen LogP contribution in [0.4, 0.5) is 11.4 Å². The van der Waals surface area contributed by atoms with Crippen LogP contribution >= 0.6 is 11.8 Å². The molecule has 0 aromatic heterocycles. The maximum absolute atomic E-state index is 11.9. The minimum absolute atomic E-state index is 0.116. The van der Waals surface area contributed by atoms with Gasteiger partial charge in [-0.15, -0.1) is 11.8 Å².